The van der Waals surface area contributed by atoms with Crippen LogP contribution in [0, 0.1) is 22.7 Å². The first-order valence-electron chi connectivity index (χ1n) is 14.7. The maximum atomic E-state index is 12.0. The Morgan fingerprint density at radius 2 is 0.795 bits per heavy atom. The number of amides is 4. The van der Waals surface area contributed by atoms with Crippen molar-refractivity contribution < 1.29 is 19.2 Å². The normalized spacial score (nSPS) is 18.1. The van der Waals surface area contributed by atoms with E-state index in [1.54, 1.807) is 28.2 Å². The molecular formula is C28H44N8O4S4. The van der Waals surface area contributed by atoms with Gasteiger partial charge in [0.25, 0.3) is 0 Å². The van der Waals surface area contributed by atoms with E-state index < -0.39 is 11.8 Å². The fourth-order valence-electron chi connectivity index (χ4n) is 4.23. The van der Waals surface area contributed by atoms with Gasteiger partial charge in [0.15, 0.2) is 0 Å². The van der Waals surface area contributed by atoms with Crippen molar-refractivity contribution >= 4 is 92.5 Å². The maximum absolute atomic E-state index is 12.0. The van der Waals surface area contributed by atoms with Gasteiger partial charge in [0.1, 0.15) is 22.8 Å². The highest BCUT2D eigenvalue weighted by Gasteiger charge is 2.44. The number of nitrogens with zero attached hydrogens (tertiary/aromatic N) is 4. The van der Waals surface area contributed by atoms with E-state index in [-0.39, 0.29) is 35.5 Å². The van der Waals surface area contributed by atoms with E-state index in [0.29, 0.717) is 21.8 Å². The first kappa shape index (κ1) is 35.9. The largest absolute Gasteiger partial charge is 0.282 e. The van der Waals surface area contributed by atoms with Crippen LogP contribution in [0.3, 0.4) is 0 Å². The van der Waals surface area contributed by atoms with Gasteiger partial charge in [0, 0.05) is 50.9 Å². The standard InChI is InChI=1S/C15H24N4O2S2.C13H20N4O2S2/c1-14(5-6-14)12(22)18(3)16-10(20)9-11(21)17-19(4)13(23)15(2)7-8-15;1-16(12(20)8-3-4-8)14-10(18)7-11(19)15-17(2)13(21)9-5-6-9/h5-9H2,1-4H3,(H,16,20)(H,17,21);8-9H,3-7H2,1-2H3,(H,14,18)(H,15,19). The zero-order valence-corrected chi connectivity index (χ0v) is 29.5. The number of thiocarbonyl (C=S) groups is 4. The zero-order valence-electron chi connectivity index (χ0n) is 26.3. The zero-order chi connectivity index (χ0) is 33.0. The Labute approximate surface area is 281 Å². The molecule has 4 aliphatic rings. The van der Waals surface area contributed by atoms with Gasteiger partial charge in [0.2, 0.25) is 23.6 Å². The lowest BCUT2D eigenvalue weighted by molar-refractivity contribution is -0.134. The van der Waals surface area contributed by atoms with Crippen molar-refractivity contribution in [2.45, 2.75) is 78.1 Å². The molecule has 0 spiro atoms. The Hall–Kier alpha value is -2.56. The summed E-state index contributed by atoms with van der Waals surface area (Å²) < 4.78 is 0. The highest BCUT2D eigenvalue weighted by Crippen LogP contribution is 2.47. The fourth-order valence-corrected chi connectivity index (χ4v) is 5.29. The van der Waals surface area contributed by atoms with Crippen LogP contribution >= 0.6 is 48.9 Å². The molecule has 0 bridgehead atoms. The van der Waals surface area contributed by atoms with E-state index in [1.807, 2.05) is 0 Å². The Balaban J connectivity index is 0.000000241. The van der Waals surface area contributed by atoms with E-state index in [2.05, 4.69) is 35.6 Å². The van der Waals surface area contributed by atoms with Gasteiger partial charge in [0.05, 0.1) is 9.98 Å². The molecule has 0 radical (unpaired) electrons. The van der Waals surface area contributed by atoms with Gasteiger partial charge in [-0.1, -0.05) is 62.7 Å². The lowest BCUT2D eigenvalue weighted by atomic mass is 10.1. The van der Waals surface area contributed by atoms with Crippen LogP contribution in [-0.4, -0.2) is 91.8 Å². The summed E-state index contributed by atoms with van der Waals surface area (Å²) in [6, 6.07) is 0. The Morgan fingerprint density at radius 1 is 0.545 bits per heavy atom. The van der Waals surface area contributed by atoms with Crippen LogP contribution in [0.5, 0.6) is 0 Å². The number of nitrogens with one attached hydrogen (secondary N) is 4. The minimum Gasteiger partial charge on any atom is -0.282 e. The van der Waals surface area contributed by atoms with Crippen molar-refractivity contribution in [3.05, 3.63) is 0 Å². The van der Waals surface area contributed by atoms with Crippen molar-refractivity contribution in [3.63, 3.8) is 0 Å². The Morgan fingerprint density at radius 3 is 1.02 bits per heavy atom. The molecule has 0 aromatic heterocycles. The highest BCUT2D eigenvalue weighted by molar-refractivity contribution is 7.81. The summed E-state index contributed by atoms with van der Waals surface area (Å²) in [7, 11) is 6.81. The molecule has 4 rings (SSSR count). The van der Waals surface area contributed by atoms with Crippen molar-refractivity contribution in [2.75, 3.05) is 28.2 Å². The summed E-state index contributed by atoms with van der Waals surface area (Å²) in [6.45, 7) is 4.14. The van der Waals surface area contributed by atoms with Crippen molar-refractivity contribution in [3.8, 4) is 0 Å². The van der Waals surface area contributed by atoms with Crippen LogP contribution in [0.25, 0.3) is 0 Å². The van der Waals surface area contributed by atoms with Crippen LogP contribution in [0.1, 0.15) is 78.1 Å². The number of carbonyl (C=O) groups is 4. The number of hydrogen-bond donors (Lipinski definition) is 4. The first-order valence-corrected chi connectivity index (χ1v) is 16.4. The first-order chi connectivity index (χ1) is 20.5. The molecule has 0 aromatic carbocycles. The number of carbonyl (C=O) groups excluding carboxylic acids is 4. The topological polar surface area (TPSA) is 129 Å². The van der Waals surface area contributed by atoms with Gasteiger partial charge in [-0.15, -0.1) is 0 Å². The Bertz CT molecular complexity index is 1120. The second kappa shape index (κ2) is 14.7. The maximum Gasteiger partial charge on any atom is 0.248 e. The molecule has 0 atom stereocenters. The van der Waals surface area contributed by atoms with Gasteiger partial charge in [-0.25, -0.2) is 0 Å². The quantitative estimate of drug-likeness (QED) is 0.170. The SMILES string of the molecule is CN(NC(=O)CC(=O)NN(C)C(=S)C1(C)CC1)C(=S)C1(C)CC1.CN(NC(=O)CC(=O)NN(C)C(=S)C1CC1)C(=S)C1CC1. The van der Waals surface area contributed by atoms with Crippen LogP contribution < -0.4 is 21.7 Å². The number of hydrazine groups is 4. The average Bonchev–Trinajstić information content (AvgIpc) is 3.76. The molecule has 0 saturated heterocycles. The molecule has 16 heteroatoms. The summed E-state index contributed by atoms with van der Waals surface area (Å²) in [5.41, 5.74) is 10.5. The van der Waals surface area contributed by atoms with Crippen molar-refractivity contribution in [2.24, 2.45) is 22.7 Å². The minimum atomic E-state index is -0.395. The molecule has 12 nitrogen and oxygen atoms in total. The summed E-state index contributed by atoms with van der Waals surface area (Å²) in [4.78, 5) is 50.3. The predicted molar refractivity (Wildman–Crippen MR) is 183 cm³/mol. The molecule has 0 aromatic rings. The molecular weight excluding hydrogens is 641 g/mol. The lowest BCUT2D eigenvalue weighted by Crippen LogP contribution is -2.49. The lowest BCUT2D eigenvalue weighted by Gasteiger charge is -2.26. The molecule has 0 unspecified atom stereocenters. The summed E-state index contributed by atoms with van der Waals surface area (Å²) in [5, 5.41) is 6.14. The van der Waals surface area contributed by atoms with E-state index in [4.69, 9.17) is 48.9 Å². The predicted octanol–water partition coefficient (Wildman–Crippen LogP) is 2.33. The second-order valence-electron chi connectivity index (χ2n) is 12.7. The van der Waals surface area contributed by atoms with E-state index in [1.165, 1.54) is 20.0 Å². The third kappa shape index (κ3) is 10.8. The van der Waals surface area contributed by atoms with E-state index >= 15 is 0 Å². The van der Waals surface area contributed by atoms with Crippen molar-refractivity contribution in [1.82, 2.24) is 41.7 Å². The molecule has 0 aliphatic heterocycles. The molecule has 4 saturated carbocycles. The molecule has 4 aliphatic carbocycles. The van der Waals surface area contributed by atoms with Gasteiger partial charge < -0.3 is 0 Å². The monoisotopic (exact) mass is 684 g/mol. The summed E-state index contributed by atoms with van der Waals surface area (Å²) in [5.74, 6) is -0.781. The van der Waals surface area contributed by atoms with Gasteiger partial charge in [-0.3, -0.25) is 60.9 Å². The van der Waals surface area contributed by atoms with E-state index in [9.17, 15) is 19.2 Å². The average molecular weight is 685 g/mol. The van der Waals surface area contributed by atoms with Gasteiger partial charge in [-0.2, -0.15) is 0 Å². The highest BCUT2D eigenvalue weighted by atomic mass is 32.1. The number of hydrogen-bond acceptors (Lipinski definition) is 8. The van der Waals surface area contributed by atoms with Gasteiger partial charge in [-0.05, 0) is 51.4 Å². The van der Waals surface area contributed by atoms with Crippen LogP contribution in [-0.2, 0) is 19.2 Å². The van der Waals surface area contributed by atoms with Crippen LogP contribution in [0.4, 0.5) is 0 Å². The van der Waals surface area contributed by atoms with Crippen LogP contribution in [0.15, 0.2) is 0 Å². The molecule has 244 valence electrons. The molecule has 4 N–H and O–H groups in total. The molecule has 0 heterocycles. The second-order valence-corrected chi connectivity index (χ2v) is 14.3. The third-order valence-corrected chi connectivity index (χ3v) is 10.7. The van der Waals surface area contributed by atoms with E-state index in [0.717, 1.165) is 61.3 Å². The fraction of sp³-hybridized carbons (Fsp3) is 0.714. The molecule has 44 heavy (non-hydrogen) atoms. The number of rotatable bonds is 8. The molecule has 4 fully saturated rings. The minimum absolute atomic E-state index is 0.00569. The van der Waals surface area contributed by atoms with Gasteiger partial charge >= 0.3 is 0 Å². The smallest absolute Gasteiger partial charge is 0.248 e. The summed E-state index contributed by atoms with van der Waals surface area (Å²) >= 11 is 21.1. The Kier molecular flexibility index (Phi) is 12.0. The van der Waals surface area contributed by atoms with Crippen LogP contribution in [0.2, 0.25) is 0 Å². The summed E-state index contributed by atoms with van der Waals surface area (Å²) in [6.07, 6.45) is 7.91. The third-order valence-electron chi connectivity index (χ3n) is 7.97. The van der Waals surface area contributed by atoms with Crippen molar-refractivity contribution in [1.29, 1.82) is 0 Å². The molecule has 4 amide bonds.